The van der Waals surface area contributed by atoms with Crippen LogP contribution < -0.4 is 14.4 Å². The Bertz CT molecular complexity index is 504. The Morgan fingerprint density at radius 1 is 1.09 bits per heavy atom. The zero-order chi connectivity index (χ0) is 16.4. The summed E-state index contributed by atoms with van der Waals surface area (Å²) in [6.07, 6.45) is 0.0961. The Morgan fingerprint density at radius 2 is 1.74 bits per heavy atom. The molecule has 2 aliphatic rings. The van der Waals surface area contributed by atoms with Crippen molar-refractivity contribution in [1.82, 2.24) is 14.9 Å². The molecule has 0 unspecified atom stereocenters. The molecule has 2 aliphatic heterocycles. The Hall–Kier alpha value is -1.64. The molecule has 0 bridgehead atoms. The summed E-state index contributed by atoms with van der Waals surface area (Å²) in [6.45, 7) is 2.82. The maximum absolute atomic E-state index is 6.05. The van der Waals surface area contributed by atoms with Crippen LogP contribution in [0.25, 0.3) is 0 Å². The van der Waals surface area contributed by atoms with E-state index in [2.05, 4.69) is 19.8 Å². The van der Waals surface area contributed by atoms with Crippen LogP contribution >= 0.6 is 0 Å². The monoisotopic (exact) mass is 324 g/mol. The molecule has 2 atom stereocenters. The largest absolute Gasteiger partial charge is 0.481 e. The molecular formula is C15H24N4O4. The summed E-state index contributed by atoms with van der Waals surface area (Å²) in [5.41, 5.74) is 0. The van der Waals surface area contributed by atoms with E-state index in [9.17, 15) is 0 Å². The Balaban J connectivity index is 1.71. The third-order valence-corrected chi connectivity index (χ3v) is 4.34. The quantitative estimate of drug-likeness (QED) is 0.768. The summed E-state index contributed by atoms with van der Waals surface area (Å²) in [7, 11) is 7.21. The highest BCUT2D eigenvalue weighted by Gasteiger charge is 2.38. The molecule has 2 fully saturated rings. The van der Waals surface area contributed by atoms with Crippen molar-refractivity contribution in [3.63, 3.8) is 0 Å². The van der Waals surface area contributed by atoms with Crippen molar-refractivity contribution < 1.29 is 18.9 Å². The number of aromatic nitrogens is 2. The standard InChI is InChI=1S/C15H24N4O4/c1-18(2)10-8-22-11-6-19(7-12(11)23-9-10)13-5-14(20-3)17-15(16-13)21-4/h5,10-12H,6-9H2,1-4H3/t11-,12-/m0/s1. The van der Waals surface area contributed by atoms with E-state index in [1.54, 1.807) is 20.3 Å². The molecule has 0 amide bonds. The summed E-state index contributed by atoms with van der Waals surface area (Å²) < 4.78 is 22.5. The highest BCUT2D eigenvalue weighted by molar-refractivity contribution is 5.44. The van der Waals surface area contributed by atoms with E-state index in [-0.39, 0.29) is 12.2 Å². The van der Waals surface area contributed by atoms with Crippen LogP contribution in [0.4, 0.5) is 5.82 Å². The number of likely N-dealkylation sites (N-methyl/N-ethyl adjacent to an activating group) is 1. The lowest BCUT2D eigenvalue weighted by atomic mass is 10.3. The molecule has 1 aromatic heterocycles. The average molecular weight is 324 g/mol. The van der Waals surface area contributed by atoms with E-state index in [1.807, 2.05) is 14.1 Å². The number of hydrogen-bond acceptors (Lipinski definition) is 8. The second-order valence-electron chi connectivity index (χ2n) is 6.02. The molecular weight excluding hydrogens is 300 g/mol. The van der Waals surface area contributed by atoms with E-state index in [1.165, 1.54) is 0 Å². The predicted octanol–water partition coefficient (Wildman–Crippen LogP) is 0.0280. The maximum Gasteiger partial charge on any atom is 0.321 e. The van der Waals surface area contributed by atoms with Gasteiger partial charge in [-0.3, -0.25) is 0 Å². The highest BCUT2D eigenvalue weighted by atomic mass is 16.6. The van der Waals surface area contributed by atoms with Gasteiger partial charge in [-0.1, -0.05) is 0 Å². The van der Waals surface area contributed by atoms with Gasteiger partial charge in [0.1, 0.15) is 18.0 Å². The van der Waals surface area contributed by atoms with Gasteiger partial charge in [0.2, 0.25) is 5.88 Å². The third kappa shape index (κ3) is 3.49. The first-order chi connectivity index (χ1) is 11.1. The lowest BCUT2D eigenvalue weighted by molar-refractivity contribution is -0.00461. The zero-order valence-electron chi connectivity index (χ0n) is 14.1. The minimum absolute atomic E-state index is 0.0481. The van der Waals surface area contributed by atoms with Gasteiger partial charge in [-0.2, -0.15) is 9.97 Å². The van der Waals surface area contributed by atoms with Gasteiger partial charge in [-0.15, -0.1) is 0 Å². The van der Waals surface area contributed by atoms with E-state index in [0.717, 1.165) is 18.9 Å². The number of methoxy groups -OCH3 is 2. The number of rotatable bonds is 4. The van der Waals surface area contributed by atoms with Crippen LogP contribution in [0.1, 0.15) is 0 Å². The van der Waals surface area contributed by atoms with Gasteiger partial charge >= 0.3 is 6.01 Å². The number of hydrogen-bond donors (Lipinski definition) is 0. The first-order valence-electron chi connectivity index (χ1n) is 7.72. The van der Waals surface area contributed by atoms with Crippen molar-refractivity contribution >= 4 is 5.82 Å². The summed E-state index contributed by atoms with van der Waals surface area (Å²) in [5.74, 6) is 1.24. The SMILES string of the molecule is COc1cc(N2C[C@@H]3OCC(N(C)C)CO[C@H]3C2)nc(OC)n1. The molecule has 3 rings (SSSR count). The molecule has 128 valence electrons. The van der Waals surface area contributed by atoms with Crippen molar-refractivity contribution in [2.45, 2.75) is 18.2 Å². The number of anilines is 1. The predicted molar refractivity (Wildman–Crippen MR) is 84.3 cm³/mol. The van der Waals surface area contributed by atoms with Crippen LogP contribution in [-0.4, -0.2) is 87.7 Å². The Morgan fingerprint density at radius 3 is 2.26 bits per heavy atom. The lowest BCUT2D eigenvalue weighted by Gasteiger charge is -2.23. The normalized spacial score (nSPS) is 25.3. The number of fused-ring (bicyclic) bond motifs is 1. The second-order valence-corrected chi connectivity index (χ2v) is 6.02. The summed E-state index contributed by atoms with van der Waals surface area (Å²) in [6, 6.07) is 2.39. The lowest BCUT2D eigenvalue weighted by Crippen LogP contribution is -2.36. The maximum atomic E-state index is 6.05. The molecule has 0 aliphatic carbocycles. The fourth-order valence-corrected chi connectivity index (χ4v) is 2.82. The summed E-state index contributed by atoms with van der Waals surface area (Å²) in [5, 5.41) is 0. The van der Waals surface area contributed by atoms with E-state index < -0.39 is 0 Å². The van der Waals surface area contributed by atoms with E-state index in [0.29, 0.717) is 31.1 Å². The van der Waals surface area contributed by atoms with Crippen LogP contribution in [-0.2, 0) is 9.47 Å². The molecule has 3 heterocycles. The summed E-state index contributed by atoms with van der Waals surface area (Å²) >= 11 is 0. The van der Waals surface area contributed by atoms with Crippen molar-refractivity contribution in [1.29, 1.82) is 0 Å². The van der Waals surface area contributed by atoms with Gasteiger partial charge in [0.15, 0.2) is 0 Å². The van der Waals surface area contributed by atoms with E-state index >= 15 is 0 Å². The summed E-state index contributed by atoms with van der Waals surface area (Å²) in [4.78, 5) is 12.8. The molecule has 0 radical (unpaired) electrons. The average Bonchev–Trinajstić information content (AvgIpc) is 2.87. The minimum Gasteiger partial charge on any atom is -0.481 e. The van der Waals surface area contributed by atoms with Crippen LogP contribution in [0.15, 0.2) is 6.07 Å². The second kappa shape index (κ2) is 6.86. The molecule has 0 saturated carbocycles. The van der Waals surface area contributed by atoms with Gasteiger partial charge in [-0.25, -0.2) is 0 Å². The molecule has 1 aromatic rings. The smallest absolute Gasteiger partial charge is 0.321 e. The molecule has 0 aromatic carbocycles. The molecule has 23 heavy (non-hydrogen) atoms. The van der Waals surface area contributed by atoms with Crippen LogP contribution in [0.2, 0.25) is 0 Å². The zero-order valence-corrected chi connectivity index (χ0v) is 14.1. The van der Waals surface area contributed by atoms with Crippen LogP contribution in [0, 0.1) is 0 Å². The van der Waals surface area contributed by atoms with Gasteiger partial charge in [0, 0.05) is 19.2 Å². The fraction of sp³-hybridized carbons (Fsp3) is 0.733. The molecule has 8 nitrogen and oxygen atoms in total. The van der Waals surface area contributed by atoms with Crippen molar-refractivity contribution in [2.24, 2.45) is 0 Å². The Kier molecular flexibility index (Phi) is 4.84. The Labute approximate surface area is 136 Å². The first kappa shape index (κ1) is 16.2. The van der Waals surface area contributed by atoms with Gasteiger partial charge < -0.3 is 28.7 Å². The molecule has 0 N–H and O–H groups in total. The molecule has 8 heteroatoms. The number of ether oxygens (including phenoxy) is 4. The van der Waals surface area contributed by atoms with Crippen molar-refractivity contribution in [3.8, 4) is 11.9 Å². The van der Waals surface area contributed by atoms with Crippen LogP contribution in [0.3, 0.4) is 0 Å². The highest BCUT2D eigenvalue weighted by Crippen LogP contribution is 2.27. The number of nitrogens with zero attached hydrogens (tertiary/aromatic N) is 4. The van der Waals surface area contributed by atoms with Gasteiger partial charge in [-0.05, 0) is 14.1 Å². The van der Waals surface area contributed by atoms with Crippen molar-refractivity contribution in [2.75, 3.05) is 59.5 Å². The topological polar surface area (TPSA) is 69.2 Å². The molecule has 0 spiro atoms. The first-order valence-corrected chi connectivity index (χ1v) is 7.72. The van der Waals surface area contributed by atoms with Gasteiger partial charge in [0.05, 0.1) is 33.5 Å². The minimum atomic E-state index is 0.0481. The van der Waals surface area contributed by atoms with Gasteiger partial charge in [0.25, 0.3) is 0 Å². The fourth-order valence-electron chi connectivity index (χ4n) is 2.82. The van der Waals surface area contributed by atoms with E-state index in [4.69, 9.17) is 18.9 Å². The third-order valence-electron chi connectivity index (χ3n) is 4.34. The molecule has 2 saturated heterocycles. The van der Waals surface area contributed by atoms with Crippen LogP contribution in [0.5, 0.6) is 11.9 Å². The van der Waals surface area contributed by atoms with Crippen molar-refractivity contribution in [3.05, 3.63) is 6.07 Å².